The van der Waals surface area contributed by atoms with Gasteiger partial charge in [-0.3, -0.25) is 0 Å². The van der Waals surface area contributed by atoms with Crippen LogP contribution in [0, 0.1) is 5.41 Å². The van der Waals surface area contributed by atoms with Crippen molar-refractivity contribution in [2.75, 3.05) is 0 Å². The van der Waals surface area contributed by atoms with Crippen LogP contribution >= 0.6 is 0 Å². The molecule has 0 aliphatic rings. The molecule has 0 bridgehead atoms. The van der Waals surface area contributed by atoms with Crippen molar-refractivity contribution in [3.8, 4) is 0 Å². The third-order valence-corrected chi connectivity index (χ3v) is 0.604. The highest BCUT2D eigenvalue weighted by atomic mass is 14.4. The summed E-state index contributed by atoms with van der Waals surface area (Å²) >= 11 is 0. The van der Waals surface area contributed by atoms with Crippen LogP contribution in [0.4, 0.5) is 0 Å². The minimum atomic E-state index is 0.627. The summed E-state index contributed by atoms with van der Waals surface area (Å²) < 4.78 is 0. The van der Waals surface area contributed by atoms with E-state index >= 15 is 0 Å². The Balaban J connectivity index is 3.26. The molecule has 0 rings (SSSR count). The summed E-state index contributed by atoms with van der Waals surface area (Å²) in [5.41, 5.74) is 0.627. The fourth-order valence-corrected chi connectivity index (χ4v) is 0.295. The molecule has 0 fully saturated rings. The Bertz CT molecular complexity index is 82.2. The molecule has 0 radical (unpaired) electrons. The van der Waals surface area contributed by atoms with Gasteiger partial charge in [-0.15, -0.1) is 0 Å². The summed E-state index contributed by atoms with van der Waals surface area (Å²) in [5, 5.41) is 6.91. The van der Waals surface area contributed by atoms with Gasteiger partial charge in [0.1, 0.15) is 0 Å². The molecule has 0 aliphatic carbocycles. The topological polar surface area (TPSA) is 23.9 Å². The molecule has 0 aromatic carbocycles. The quantitative estimate of drug-likeness (QED) is 0.509. The Labute approximate surface area is 44.6 Å². The van der Waals surface area contributed by atoms with Gasteiger partial charge < -0.3 is 5.41 Å². The van der Waals surface area contributed by atoms with Gasteiger partial charge in [-0.1, -0.05) is 13.0 Å². The predicted molar refractivity (Wildman–Crippen MR) is 32.8 cm³/mol. The Hall–Kier alpha value is -0.590. The Morgan fingerprint density at radius 2 is 2.29 bits per heavy atom. The van der Waals surface area contributed by atoms with Crippen molar-refractivity contribution in [2.24, 2.45) is 0 Å². The van der Waals surface area contributed by atoms with Crippen molar-refractivity contribution in [1.82, 2.24) is 0 Å². The molecular formula is C6H11N. The van der Waals surface area contributed by atoms with E-state index in [1.165, 1.54) is 0 Å². The van der Waals surface area contributed by atoms with Gasteiger partial charge in [-0.25, -0.2) is 0 Å². The van der Waals surface area contributed by atoms with Crippen molar-refractivity contribution in [1.29, 1.82) is 5.41 Å². The molecular weight excluding hydrogens is 86.1 g/mol. The molecule has 40 valence electrons. The van der Waals surface area contributed by atoms with Crippen LogP contribution in [0.5, 0.6) is 0 Å². The van der Waals surface area contributed by atoms with Crippen LogP contribution in [0.15, 0.2) is 12.2 Å². The molecule has 0 saturated heterocycles. The normalized spacial score (nSPS) is 10.0. The highest BCUT2D eigenvalue weighted by Gasteiger charge is 1.70. The summed E-state index contributed by atoms with van der Waals surface area (Å²) in [4.78, 5) is 0. The molecule has 0 heterocycles. The van der Waals surface area contributed by atoms with Gasteiger partial charge in [0, 0.05) is 5.71 Å². The first kappa shape index (κ1) is 6.41. The van der Waals surface area contributed by atoms with E-state index in [0.717, 1.165) is 6.42 Å². The summed E-state index contributed by atoms with van der Waals surface area (Å²) in [6, 6.07) is 0. The Kier molecular flexibility index (Phi) is 3.29. The molecule has 0 spiro atoms. The maximum atomic E-state index is 6.91. The lowest BCUT2D eigenvalue weighted by Crippen LogP contribution is -1.75. The maximum absolute atomic E-state index is 6.91. The van der Waals surface area contributed by atoms with Crippen LogP contribution < -0.4 is 0 Å². The lowest BCUT2D eigenvalue weighted by atomic mass is 10.3. The lowest BCUT2D eigenvalue weighted by molar-refractivity contribution is 1.22. The van der Waals surface area contributed by atoms with Crippen molar-refractivity contribution in [2.45, 2.75) is 20.3 Å². The Morgan fingerprint density at radius 3 is 2.43 bits per heavy atom. The monoisotopic (exact) mass is 97.1 g/mol. The van der Waals surface area contributed by atoms with Crippen LogP contribution in [-0.2, 0) is 0 Å². The first-order chi connectivity index (χ1) is 3.27. The van der Waals surface area contributed by atoms with Gasteiger partial charge in [0.25, 0.3) is 0 Å². The van der Waals surface area contributed by atoms with E-state index in [-0.39, 0.29) is 0 Å². The van der Waals surface area contributed by atoms with E-state index in [9.17, 15) is 0 Å². The maximum Gasteiger partial charge on any atom is 0.0279 e. The molecule has 0 aromatic heterocycles. The third kappa shape index (κ3) is 5.41. The number of hydrogen-bond donors (Lipinski definition) is 1. The van der Waals surface area contributed by atoms with Crippen molar-refractivity contribution >= 4 is 5.71 Å². The van der Waals surface area contributed by atoms with E-state index in [4.69, 9.17) is 5.41 Å². The second kappa shape index (κ2) is 3.59. The number of rotatable bonds is 2. The van der Waals surface area contributed by atoms with Crippen LogP contribution in [0.25, 0.3) is 0 Å². The molecule has 0 aromatic rings. The highest BCUT2D eigenvalue weighted by molar-refractivity contribution is 5.89. The predicted octanol–water partition coefficient (Wildman–Crippen LogP) is 1.99. The van der Waals surface area contributed by atoms with Gasteiger partial charge in [0.2, 0.25) is 0 Å². The summed E-state index contributed by atoms with van der Waals surface area (Å²) in [6.07, 6.45) is 4.80. The molecule has 1 heteroatoms. The first-order valence-electron chi connectivity index (χ1n) is 2.49. The van der Waals surface area contributed by atoms with Crippen LogP contribution in [0.3, 0.4) is 0 Å². The van der Waals surface area contributed by atoms with Crippen LogP contribution in [-0.4, -0.2) is 5.71 Å². The number of nitrogens with one attached hydrogen (secondary N) is 1. The molecule has 7 heavy (non-hydrogen) atoms. The summed E-state index contributed by atoms with van der Waals surface area (Å²) in [7, 11) is 0. The van der Waals surface area contributed by atoms with Gasteiger partial charge in [-0.05, 0) is 19.4 Å². The molecule has 0 amide bonds. The zero-order valence-corrected chi connectivity index (χ0v) is 4.86. The van der Waals surface area contributed by atoms with E-state index in [1.807, 2.05) is 6.08 Å². The average molecular weight is 97.2 g/mol. The standard InChI is InChI=1S/C6H11N/c1-3-4-5-6(2)7/h4-5,7H,3H2,1-2H3/b5-4-,7-6?. The van der Waals surface area contributed by atoms with Gasteiger partial charge in [-0.2, -0.15) is 0 Å². The largest absolute Gasteiger partial charge is 0.306 e. The molecule has 1 nitrogen and oxygen atoms in total. The second-order valence-electron chi connectivity index (χ2n) is 1.49. The van der Waals surface area contributed by atoms with Gasteiger partial charge in [0.15, 0.2) is 0 Å². The first-order valence-corrected chi connectivity index (χ1v) is 2.49. The minimum absolute atomic E-state index is 0.627. The van der Waals surface area contributed by atoms with E-state index < -0.39 is 0 Å². The molecule has 1 N–H and O–H groups in total. The average Bonchev–Trinajstić information content (AvgIpc) is 1.61. The van der Waals surface area contributed by atoms with Crippen LogP contribution in [0.1, 0.15) is 20.3 Å². The SMILES string of the molecule is CC/C=C\C(C)=N. The molecule has 0 atom stereocenters. The number of hydrogen-bond acceptors (Lipinski definition) is 1. The van der Waals surface area contributed by atoms with Crippen molar-refractivity contribution in [3.63, 3.8) is 0 Å². The smallest absolute Gasteiger partial charge is 0.0279 e. The number of allylic oxidation sites excluding steroid dienone is 2. The van der Waals surface area contributed by atoms with Crippen molar-refractivity contribution < 1.29 is 0 Å². The van der Waals surface area contributed by atoms with E-state index in [2.05, 4.69) is 6.92 Å². The van der Waals surface area contributed by atoms with Crippen LogP contribution in [0.2, 0.25) is 0 Å². The summed E-state index contributed by atoms with van der Waals surface area (Å²) in [6.45, 7) is 3.82. The summed E-state index contributed by atoms with van der Waals surface area (Å²) in [5.74, 6) is 0. The van der Waals surface area contributed by atoms with Gasteiger partial charge >= 0.3 is 0 Å². The highest BCUT2D eigenvalue weighted by Crippen LogP contribution is 1.79. The third-order valence-electron chi connectivity index (χ3n) is 0.604. The molecule has 0 aliphatic heterocycles. The molecule has 0 unspecified atom stereocenters. The minimum Gasteiger partial charge on any atom is -0.306 e. The fraction of sp³-hybridized carbons (Fsp3) is 0.500. The zero-order valence-electron chi connectivity index (χ0n) is 4.86. The zero-order chi connectivity index (χ0) is 5.70. The lowest BCUT2D eigenvalue weighted by Gasteiger charge is -1.77. The van der Waals surface area contributed by atoms with E-state index in [0.29, 0.717) is 5.71 Å². The fourth-order valence-electron chi connectivity index (χ4n) is 0.295. The van der Waals surface area contributed by atoms with Crippen molar-refractivity contribution in [3.05, 3.63) is 12.2 Å². The van der Waals surface area contributed by atoms with E-state index in [1.54, 1.807) is 13.0 Å². The second-order valence-corrected chi connectivity index (χ2v) is 1.49. The van der Waals surface area contributed by atoms with Gasteiger partial charge in [0.05, 0.1) is 0 Å². The Morgan fingerprint density at radius 1 is 1.71 bits per heavy atom. The molecule has 0 saturated carbocycles.